The molecule has 1 atom stereocenters. The van der Waals surface area contributed by atoms with E-state index in [1.165, 1.54) is 18.4 Å². The topological polar surface area (TPSA) is 84.6 Å². The standard InChI is InChI=1S/C13H15N5/c14-9-13(16-7-8-17-18-15)12-5-3-11(4-6-12)10-1-2-10/h3-6,10,13,16H,1-2,7-8H2. The number of azide groups is 1. The SMILES string of the molecule is N#CC(NCCN=[N+]=[N-])c1ccc(C2CC2)cc1. The third-order valence-corrected chi connectivity index (χ3v) is 3.07. The first kappa shape index (κ1) is 12.4. The van der Waals surface area contributed by atoms with Gasteiger partial charge in [-0.1, -0.05) is 29.4 Å². The maximum atomic E-state index is 9.11. The van der Waals surface area contributed by atoms with E-state index in [9.17, 15) is 0 Å². The Bertz CT molecular complexity index is 477. The van der Waals surface area contributed by atoms with Gasteiger partial charge in [0.2, 0.25) is 0 Å². The Morgan fingerprint density at radius 3 is 2.72 bits per heavy atom. The van der Waals surface area contributed by atoms with Gasteiger partial charge in [0.25, 0.3) is 0 Å². The first-order chi connectivity index (χ1) is 8.85. The molecule has 0 radical (unpaired) electrons. The van der Waals surface area contributed by atoms with E-state index < -0.39 is 0 Å². The van der Waals surface area contributed by atoms with Crippen LogP contribution in [0.5, 0.6) is 0 Å². The summed E-state index contributed by atoms with van der Waals surface area (Å²) in [7, 11) is 0. The summed E-state index contributed by atoms with van der Waals surface area (Å²) in [5.74, 6) is 0.734. The van der Waals surface area contributed by atoms with Gasteiger partial charge in [0, 0.05) is 18.0 Å². The molecule has 1 aliphatic carbocycles. The summed E-state index contributed by atoms with van der Waals surface area (Å²) >= 11 is 0. The number of nitrogens with one attached hydrogen (secondary N) is 1. The zero-order valence-electron chi connectivity index (χ0n) is 10.1. The van der Waals surface area contributed by atoms with Crippen molar-refractivity contribution in [1.29, 1.82) is 5.26 Å². The van der Waals surface area contributed by atoms with Gasteiger partial charge in [-0.2, -0.15) is 5.26 Å². The molecule has 0 aliphatic heterocycles. The zero-order valence-corrected chi connectivity index (χ0v) is 10.1. The molecule has 1 aromatic carbocycles. The molecule has 0 amide bonds. The molecule has 0 heterocycles. The van der Waals surface area contributed by atoms with Crippen molar-refractivity contribution in [3.63, 3.8) is 0 Å². The number of hydrogen-bond acceptors (Lipinski definition) is 3. The smallest absolute Gasteiger partial charge is 0.121 e. The molecule has 1 fully saturated rings. The van der Waals surface area contributed by atoms with Crippen LogP contribution in [0, 0.1) is 11.3 Å². The van der Waals surface area contributed by atoms with E-state index in [4.69, 9.17) is 10.8 Å². The van der Waals surface area contributed by atoms with Crippen LogP contribution in [0.4, 0.5) is 0 Å². The Kier molecular flexibility index (Phi) is 4.19. The summed E-state index contributed by atoms with van der Waals surface area (Å²) < 4.78 is 0. The third-order valence-electron chi connectivity index (χ3n) is 3.07. The predicted octanol–water partition coefficient (Wildman–Crippen LogP) is 3.03. The van der Waals surface area contributed by atoms with Crippen LogP contribution in [0.25, 0.3) is 10.4 Å². The van der Waals surface area contributed by atoms with E-state index in [0.29, 0.717) is 13.1 Å². The highest BCUT2D eigenvalue weighted by atomic mass is 15.1. The van der Waals surface area contributed by atoms with Gasteiger partial charge in [0.15, 0.2) is 0 Å². The average Bonchev–Trinajstić information content (AvgIpc) is 3.24. The van der Waals surface area contributed by atoms with Crippen molar-refractivity contribution < 1.29 is 0 Å². The maximum absolute atomic E-state index is 9.11. The van der Waals surface area contributed by atoms with Crippen LogP contribution in [0.2, 0.25) is 0 Å². The quantitative estimate of drug-likeness (QED) is 0.359. The molecule has 0 aromatic heterocycles. The van der Waals surface area contributed by atoms with E-state index >= 15 is 0 Å². The molecule has 0 spiro atoms. The summed E-state index contributed by atoms with van der Waals surface area (Å²) in [6, 6.07) is 10.1. The van der Waals surface area contributed by atoms with Gasteiger partial charge in [-0.05, 0) is 35.4 Å². The average molecular weight is 241 g/mol. The van der Waals surface area contributed by atoms with Crippen molar-refractivity contribution in [3.8, 4) is 6.07 Å². The summed E-state index contributed by atoms with van der Waals surface area (Å²) in [6.45, 7) is 0.863. The van der Waals surface area contributed by atoms with Crippen molar-refractivity contribution in [2.45, 2.75) is 24.8 Å². The van der Waals surface area contributed by atoms with Crippen molar-refractivity contribution in [3.05, 3.63) is 45.8 Å². The van der Waals surface area contributed by atoms with E-state index in [1.807, 2.05) is 12.1 Å². The van der Waals surface area contributed by atoms with Crippen molar-refractivity contribution in [2.75, 3.05) is 13.1 Å². The van der Waals surface area contributed by atoms with Gasteiger partial charge in [-0.15, -0.1) is 0 Å². The Labute approximate surface area is 106 Å². The van der Waals surface area contributed by atoms with Gasteiger partial charge in [-0.3, -0.25) is 5.32 Å². The van der Waals surface area contributed by atoms with Gasteiger partial charge in [0.1, 0.15) is 6.04 Å². The molecule has 5 nitrogen and oxygen atoms in total. The van der Waals surface area contributed by atoms with Crippen LogP contribution in [0.3, 0.4) is 0 Å². The summed E-state index contributed by atoms with van der Waals surface area (Å²) in [6.07, 6.45) is 2.57. The van der Waals surface area contributed by atoms with Crippen molar-refractivity contribution in [2.24, 2.45) is 5.11 Å². The highest BCUT2D eigenvalue weighted by Crippen LogP contribution is 2.40. The molecule has 1 aromatic rings. The lowest BCUT2D eigenvalue weighted by molar-refractivity contribution is 0.635. The molecule has 2 rings (SSSR count). The molecular weight excluding hydrogens is 226 g/mol. The molecule has 0 bridgehead atoms. The van der Waals surface area contributed by atoms with Crippen LogP contribution in [0.1, 0.15) is 35.9 Å². The fourth-order valence-electron chi connectivity index (χ4n) is 1.92. The van der Waals surface area contributed by atoms with Crippen LogP contribution in [-0.2, 0) is 0 Å². The fraction of sp³-hybridized carbons (Fsp3) is 0.462. The molecule has 92 valence electrons. The van der Waals surface area contributed by atoms with Gasteiger partial charge >= 0.3 is 0 Å². The van der Waals surface area contributed by atoms with Crippen LogP contribution in [0.15, 0.2) is 29.4 Å². The fourth-order valence-corrected chi connectivity index (χ4v) is 1.92. The second kappa shape index (κ2) is 6.06. The van der Waals surface area contributed by atoms with Crippen molar-refractivity contribution >= 4 is 0 Å². The second-order valence-corrected chi connectivity index (χ2v) is 4.41. The number of nitrogens with zero attached hydrogens (tertiary/aromatic N) is 4. The number of nitriles is 1. The minimum absolute atomic E-state index is 0.341. The molecule has 0 saturated heterocycles. The molecule has 1 saturated carbocycles. The van der Waals surface area contributed by atoms with Crippen LogP contribution >= 0.6 is 0 Å². The van der Waals surface area contributed by atoms with E-state index in [0.717, 1.165) is 11.5 Å². The molecule has 1 aliphatic rings. The van der Waals surface area contributed by atoms with Gasteiger partial charge in [-0.25, -0.2) is 0 Å². The number of benzene rings is 1. The largest absolute Gasteiger partial charge is 0.298 e. The summed E-state index contributed by atoms with van der Waals surface area (Å²) in [4.78, 5) is 2.67. The monoisotopic (exact) mass is 241 g/mol. The minimum Gasteiger partial charge on any atom is -0.298 e. The first-order valence-corrected chi connectivity index (χ1v) is 6.09. The van der Waals surface area contributed by atoms with E-state index in [-0.39, 0.29) is 6.04 Å². The van der Waals surface area contributed by atoms with Crippen LogP contribution < -0.4 is 5.32 Å². The predicted molar refractivity (Wildman–Crippen MR) is 68.8 cm³/mol. The summed E-state index contributed by atoms with van der Waals surface area (Å²) in [5, 5.41) is 15.6. The Morgan fingerprint density at radius 1 is 1.44 bits per heavy atom. The Balaban J connectivity index is 1.94. The molecule has 5 heteroatoms. The maximum Gasteiger partial charge on any atom is 0.121 e. The highest BCUT2D eigenvalue weighted by Gasteiger charge is 2.23. The highest BCUT2D eigenvalue weighted by molar-refractivity contribution is 5.31. The Morgan fingerprint density at radius 2 is 2.17 bits per heavy atom. The van der Waals surface area contributed by atoms with Gasteiger partial charge < -0.3 is 0 Å². The zero-order chi connectivity index (χ0) is 12.8. The lowest BCUT2D eigenvalue weighted by atomic mass is 10.0. The Hall–Kier alpha value is -2.02. The second-order valence-electron chi connectivity index (χ2n) is 4.41. The number of hydrogen-bond donors (Lipinski definition) is 1. The van der Waals surface area contributed by atoms with E-state index in [2.05, 4.69) is 33.5 Å². The third kappa shape index (κ3) is 3.24. The normalized spacial score (nSPS) is 15.5. The summed E-state index contributed by atoms with van der Waals surface area (Å²) in [5.41, 5.74) is 10.5. The van der Waals surface area contributed by atoms with Crippen LogP contribution in [-0.4, -0.2) is 13.1 Å². The number of rotatable bonds is 6. The minimum atomic E-state index is -0.341. The molecular formula is C13H15N5. The lowest BCUT2D eigenvalue weighted by Crippen LogP contribution is -2.22. The van der Waals surface area contributed by atoms with E-state index in [1.54, 1.807) is 0 Å². The molecule has 1 N–H and O–H groups in total. The molecule has 18 heavy (non-hydrogen) atoms. The first-order valence-electron chi connectivity index (χ1n) is 6.09. The van der Waals surface area contributed by atoms with Gasteiger partial charge in [0.05, 0.1) is 6.07 Å². The lowest BCUT2D eigenvalue weighted by Gasteiger charge is -2.11. The molecule has 1 unspecified atom stereocenters. The van der Waals surface area contributed by atoms with Crippen molar-refractivity contribution in [1.82, 2.24) is 5.32 Å².